The number of aryl methyl sites for hydroxylation is 2. The van der Waals surface area contributed by atoms with Gasteiger partial charge in [0.2, 0.25) is 5.89 Å². The zero-order valence-corrected chi connectivity index (χ0v) is 19.0. The summed E-state index contributed by atoms with van der Waals surface area (Å²) in [5, 5.41) is 6.84. The minimum Gasteiger partial charge on any atom is -0.488 e. The molecule has 3 heterocycles. The molecule has 0 bridgehead atoms. The van der Waals surface area contributed by atoms with Crippen LogP contribution in [0.15, 0.2) is 33.7 Å². The van der Waals surface area contributed by atoms with Crippen molar-refractivity contribution in [3.63, 3.8) is 0 Å². The van der Waals surface area contributed by atoms with Crippen LogP contribution in [0.3, 0.4) is 0 Å². The Morgan fingerprint density at radius 2 is 2.00 bits per heavy atom. The zero-order valence-electron chi connectivity index (χ0n) is 19.0. The largest absolute Gasteiger partial charge is 0.488 e. The molecule has 1 saturated heterocycles. The minimum absolute atomic E-state index is 0.159. The Labute approximate surface area is 185 Å². The molecule has 1 aromatic carbocycles. The summed E-state index contributed by atoms with van der Waals surface area (Å²) in [7, 11) is 0. The fourth-order valence-corrected chi connectivity index (χ4v) is 4.27. The second-order valence-corrected chi connectivity index (χ2v) is 8.62. The Balaban J connectivity index is 1.21. The number of aliphatic imine (C=N–C) groups is 1. The van der Waals surface area contributed by atoms with Crippen molar-refractivity contribution in [3.8, 4) is 5.75 Å². The first-order valence-electron chi connectivity index (χ1n) is 11.5. The van der Waals surface area contributed by atoms with Crippen LogP contribution in [-0.2, 0) is 13.0 Å². The molecule has 2 aromatic rings. The number of rotatable bonds is 7. The Bertz CT molecular complexity index is 841. The molecule has 4 rings (SSSR count). The average molecular weight is 426 g/mol. The van der Waals surface area contributed by atoms with Gasteiger partial charge in [0.25, 0.3) is 0 Å². The maximum Gasteiger partial charge on any atom is 0.208 e. The van der Waals surface area contributed by atoms with E-state index in [0.29, 0.717) is 5.92 Å². The molecule has 7 nitrogen and oxygen atoms in total. The van der Waals surface area contributed by atoms with E-state index in [2.05, 4.69) is 39.6 Å². The van der Waals surface area contributed by atoms with Crippen LogP contribution in [0.4, 0.5) is 0 Å². The van der Waals surface area contributed by atoms with Gasteiger partial charge in [0.05, 0.1) is 18.8 Å². The topological polar surface area (TPSA) is 74.9 Å². The summed E-state index contributed by atoms with van der Waals surface area (Å²) >= 11 is 0. The first-order chi connectivity index (χ1) is 15.1. The average Bonchev–Trinajstić information content (AvgIpc) is 3.33. The summed E-state index contributed by atoms with van der Waals surface area (Å²) in [6.07, 6.45) is 3.42. The summed E-state index contributed by atoms with van der Waals surface area (Å²) < 4.78 is 11.8. The van der Waals surface area contributed by atoms with Crippen molar-refractivity contribution in [2.45, 2.75) is 52.7 Å². The van der Waals surface area contributed by atoms with E-state index in [4.69, 9.17) is 14.1 Å². The number of guanidine groups is 1. The van der Waals surface area contributed by atoms with Crippen molar-refractivity contribution < 1.29 is 9.15 Å². The van der Waals surface area contributed by atoms with Crippen molar-refractivity contribution in [2.75, 3.05) is 32.7 Å². The Hall–Kier alpha value is -2.54. The molecule has 168 valence electrons. The van der Waals surface area contributed by atoms with E-state index < -0.39 is 0 Å². The molecule has 0 saturated carbocycles. The summed E-state index contributed by atoms with van der Waals surface area (Å²) in [4.78, 5) is 11.8. The van der Waals surface area contributed by atoms with Crippen molar-refractivity contribution in [1.29, 1.82) is 0 Å². The number of benzene rings is 1. The fraction of sp³-hybridized carbons (Fsp3) is 0.583. The van der Waals surface area contributed by atoms with E-state index in [-0.39, 0.29) is 6.10 Å². The van der Waals surface area contributed by atoms with Crippen LogP contribution in [-0.4, -0.2) is 54.7 Å². The van der Waals surface area contributed by atoms with Gasteiger partial charge in [0.1, 0.15) is 17.6 Å². The number of nitrogens with zero attached hydrogens (tertiary/aromatic N) is 3. The molecule has 7 heteroatoms. The van der Waals surface area contributed by atoms with Gasteiger partial charge >= 0.3 is 0 Å². The van der Waals surface area contributed by atoms with Crippen LogP contribution in [0.1, 0.15) is 42.7 Å². The van der Waals surface area contributed by atoms with Crippen LogP contribution in [0.25, 0.3) is 0 Å². The predicted molar refractivity (Wildman–Crippen MR) is 123 cm³/mol. The molecular weight excluding hydrogens is 390 g/mol. The molecule has 31 heavy (non-hydrogen) atoms. The Kier molecular flexibility index (Phi) is 7.12. The lowest BCUT2D eigenvalue weighted by molar-refractivity contribution is 0.166. The van der Waals surface area contributed by atoms with Gasteiger partial charge in [0.15, 0.2) is 5.96 Å². The highest BCUT2D eigenvalue weighted by molar-refractivity contribution is 5.79. The summed E-state index contributed by atoms with van der Waals surface area (Å²) in [6, 6.07) is 8.29. The van der Waals surface area contributed by atoms with Gasteiger partial charge in [-0.15, -0.1) is 0 Å². The molecular formula is C24H35N5O2. The maximum atomic E-state index is 6.04. The van der Waals surface area contributed by atoms with Crippen LogP contribution >= 0.6 is 0 Å². The standard InChI is InChI=1S/C24H35N5O2/c1-4-25-24(27-15-21-13-20-7-5-6-8-22(20)31-21)26-14-19-9-11-29(12-10-19)16-23-28-17(2)18(3)30-23/h5-8,19,21H,4,9-16H2,1-3H3,(H2,25,26,27). The number of ether oxygens (including phenoxy) is 1. The highest BCUT2D eigenvalue weighted by Crippen LogP contribution is 2.27. The molecule has 2 aliphatic heterocycles. The van der Waals surface area contributed by atoms with E-state index in [0.717, 1.165) is 87.6 Å². The number of oxazole rings is 1. The minimum atomic E-state index is 0.159. The number of piperidine rings is 1. The van der Waals surface area contributed by atoms with Crippen LogP contribution < -0.4 is 15.4 Å². The molecule has 0 amide bonds. The number of likely N-dealkylation sites (tertiary alicyclic amines) is 1. The third-order valence-corrected chi connectivity index (χ3v) is 6.20. The first kappa shape index (κ1) is 21.7. The van der Waals surface area contributed by atoms with Gasteiger partial charge in [-0.05, 0) is 64.3 Å². The number of hydrogen-bond donors (Lipinski definition) is 2. The molecule has 1 fully saturated rings. The van der Waals surface area contributed by atoms with E-state index in [1.54, 1.807) is 0 Å². The smallest absolute Gasteiger partial charge is 0.208 e. The molecule has 1 unspecified atom stereocenters. The summed E-state index contributed by atoms with van der Waals surface area (Å²) in [5.41, 5.74) is 2.28. The predicted octanol–water partition coefficient (Wildman–Crippen LogP) is 3.06. The van der Waals surface area contributed by atoms with E-state index in [1.165, 1.54) is 5.56 Å². The second kappa shape index (κ2) is 10.2. The molecule has 0 aliphatic carbocycles. The molecule has 2 N–H and O–H groups in total. The van der Waals surface area contributed by atoms with Crippen molar-refractivity contribution in [3.05, 3.63) is 47.2 Å². The lowest BCUT2D eigenvalue weighted by atomic mass is 9.97. The molecule has 2 aliphatic rings. The molecule has 0 spiro atoms. The monoisotopic (exact) mass is 425 g/mol. The normalized spacial score (nSPS) is 19.8. The number of hydrogen-bond acceptors (Lipinski definition) is 5. The van der Waals surface area contributed by atoms with E-state index in [9.17, 15) is 0 Å². The van der Waals surface area contributed by atoms with Gasteiger partial charge < -0.3 is 19.8 Å². The SMILES string of the molecule is CCNC(=NCC1CCN(Cc2nc(C)c(C)o2)CC1)NCC1Cc2ccccc2O1. The number of para-hydroxylation sites is 1. The lowest BCUT2D eigenvalue weighted by Gasteiger charge is -2.30. The zero-order chi connectivity index (χ0) is 21.6. The number of nitrogens with one attached hydrogen (secondary N) is 2. The Morgan fingerprint density at radius 1 is 1.19 bits per heavy atom. The van der Waals surface area contributed by atoms with Crippen LogP contribution in [0, 0.1) is 19.8 Å². The van der Waals surface area contributed by atoms with Crippen LogP contribution in [0.5, 0.6) is 5.75 Å². The van der Waals surface area contributed by atoms with Crippen molar-refractivity contribution in [2.24, 2.45) is 10.9 Å². The van der Waals surface area contributed by atoms with Gasteiger partial charge in [0, 0.05) is 19.5 Å². The number of fused-ring (bicyclic) bond motifs is 1. The van der Waals surface area contributed by atoms with Crippen molar-refractivity contribution in [1.82, 2.24) is 20.5 Å². The lowest BCUT2D eigenvalue weighted by Crippen LogP contribution is -2.42. The van der Waals surface area contributed by atoms with Gasteiger partial charge in [-0.2, -0.15) is 0 Å². The molecule has 0 radical (unpaired) electrons. The second-order valence-electron chi connectivity index (χ2n) is 8.62. The highest BCUT2D eigenvalue weighted by Gasteiger charge is 2.23. The highest BCUT2D eigenvalue weighted by atomic mass is 16.5. The van der Waals surface area contributed by atoms with Gasteiger partial charge in [-0.1, -0.05) is 18.2 Å². The molecule has 1 aromatic heterocycles. The first-order valence-corrected chi connectivity index (χ1v) is 11.5. The third-order valence-electron chi connectivity index (χ3n) is 6.20. The van der Waals surface area contributed by atoms with Crippen LogP contribution in [0.2, 0.25) is 0 Å². The van der Waals surface area contributed by atoms with Gasteiger partial charge in [-0.25, -0.2) is 4.98 Å². The third kappa shape index (κ3) is 5.79. The maximum absolute atomic E-state index is 6.04. The summed E-state index contributed by atoms with van der Waals surface area (Å²) in [5.74, 6) is 4.27. The summed E-state index contributed by atoms with van der Waals surface area (Å²) in [6.45, 7) is 11.5. The molecule has 1 atom stereocenters. The van der Waals surface area contributed by atoms with Gasteiger partial charge in [-0.3, -0.25) is 9.89 Å². The van der Waals surface area contributed by atoms with E-state index >= 15 is 0 Å². The Morgan fingerprint density at radius 3 is 2.71 bits per heavy atom. The van der Waals surface area contributed by atoms with Crippen molar-refractivity contribution >= 4 is 5.96 Å². The quantitative estimate of drug-likeness (QED) is 0.525. The number of aromatic nitrogens is 1. The van der Waals surface area contributed by atoms with E-state index in [1.807, 2.05) is 26.0 Å². The fourth-order valence-electron chi connectivity index (χ4n) is 4.27.